The fraction of sp³-hybridized carbons (Fsp3) is 0. The second-order valence-corrected chi connectivity index (χ2v) is 9.24. The minimum Gasteiger partial charge on any atom is -0.322 e. The van der Waals surface area contributed by atoms with E-state index in [4.69, 9.17) is 0 Å². The molecule has 6 rings (SSSR count). The number of rotatable bonds is 6. The van der Waals surface area contributed by atoms with Crippen molar-refractivity contribution >= 4 is 57.3 Å². The van der Waals surface area contributed by atoms with E-state index in [2.05, 4.69) is 30.7 Å². The van der Waals surface area contributed by atoms with Gasteiger partial charge in [0.2, 0.25) is 0 Å². The molecule has 174 valence electrons. The highest BCUT2D eigenvalue weighted by atomic mass is 32.2. The normalized spacial score (nSPS) is 11.4. The van der Waals surface area contributed by atoms with Crippen LogP contribution in [0, 0.1) is 0 Å². The topological polar surface area (TPSA) is 99.3 Å². The molecule has 0 atom stereocenters. The molecular formula is C28H20N6OS. The summed E-state index contributed by atoms with van der Waals surface area (Å²) in [5, 5.41) is 19.5. The number of fused-ring (bicyclic) bond motifs is 2. The first-order valence-electron chi connectivity index (χ1n) is 11.3. The lowest BCUT2D eigenvalue weighted by Gasteiger charge is -2.10. The maximum absolute atomic E-state index is 13.1. The van der Waals surface area contributed by atoms with E-state index in [0.29, 0.717) is 5.56 Å². The third kappa shape index (κ3) is 4.49. The quantitative estimate of drug-likeness (QED) is 0.252. The van der Waals surface area contributed by atoms with Crippen molar-refractivity contribution in [2.24, 2.45) is 0 Å². The fourth-order valence-electron chi connectivity index (χ4n) is 3.94. The molecule has 0 unspecified atom stereocenters. The van der Waals surface area contributed by atoms with Gasteiger partial charge in [0, 0.05) is 32.4 Å². The maximum Gasteiger partial charge on any atom is 0.256 e. The summed E-state index contributed by atoms with van der Waals surface area (Å²) in [7, 11) is 0. The van der Waals surface area contributed by atoms with Crippen molar-refractivity contribution in [2.45, 2.75) is 9.79 Å². The summed E-state index contributed by atoms with van der Waals surface area (Å²) in [5.74, 6) is -0.162. The van der Waals surface area contributed by atoms with E-state index in [1.54, 1.807) is 12.4 Å². The monoisotopic (exact) mass is 488 g/mol. The van der Waals surface area contributed by atoms with Crippen LogP contribution in [0.4, 0.5) is 5.69 Å². The molecule has 0 saturated carbocycles. The van der Waals surface area contributed by atoms with Crippen LogP contribution in [-0.4, -0.2) is 31.3 Å². The predicted octanol–water partition coefficient (Wildman–Crippen LogP) is 6.41. The van der Waals surface area contributed by atoms with Gasteiger partial charge in [-0.2, -0.15) is 10.2 Å². The molecule has 1 amide bonds. The van der Waals surface area contributed by atoms with Crippen LogP contribution in [0.15, 0.2) is 101 Å². The van der Waals surface area contributed by atoms with Crippen molar-refractivity contribution in [1.29, 1.82) is 0 Å². The molecule has 0 aliphatic rings. The minimum atomic E-state index is -0.162. The van der Waals surface area contributed by atoms with E-state index in [-0.39, 0.29) is 5.91 Å². The number of carbonyl (C=O) groups excluding carboxylic acids is 1. The highest BCUT2D eigenvalue weighted by Gasteiger charge is 2.14. The van der Waals surface area contributed by atoms with Crippen molar-refractivity contribution in [3.05, 3.63) is 108 Å². The molecular weight excluding hydrogens is 468 g/mol. The summed E-state index contributed by atoms with van der Waals surface area (Å²) in [5.41, 5.74) is 4.91. The number of benzene rings is 3. The predicted molar refractivity (Wildman–Crippen MR) is 144 cm³/mol. The van der Waals surface area contributed by atoms with E-state index < -0.39 is 0 Å². The maximum atomic E-state index is 13.1. The summed E-state index contributed by atoms with van der Waals surface area (Å²) >= 11 is 1.54. The van der Waals surface area contributed by atoms with Crippen LogP contribution in [0.5, 0.6) is 0 Å². The number of hydrogen-bond acceptors (Lipinski definition) is 5. The zero-order valence-corrected chi connectivity index (χ0v) is 19.8. The Bertz CT molecular complexity index is 1720. The van der Waals surface area contributed by atoms with Gasteiger partial charge in [-0.05, 0) is 72.8 Å². The molecule has 0 bridgehead atoms. The second kappa shape index (κ2) is 9.52. The van der Waals surface area contributed by atoms with E-state index in [1.165, 1.54) is 11.8 Å². The molecule has 3 aromatic heterocycles. The van der Waals surface area contributed by atoms with Crippen LogP contribution < -0.4 is 5.32 Å². The van der Waals surface area contributed by atoms with Gasteiger partial charge in [-0.15, -0.1) is 0 Å². The number of carbonyl (C=O) groups is 1. The van der Waals surface area contributed by atoms with Crippen molar-refractivity contribution in [3.63, 3.8) is 0 Å². The Balaban J connectivity index is 1.22. The van der Waals surface area contributed by atoms with Gasteiger partial charge < -0.3 is 5.32 Å². The summed E-state index contributed by atoms with van der Waals surface area (Å²) in [4.78, 5) is 19.3. The van der Waals surface area contributed by atoms with Crippen LogP contribution in [-0.2, 0) is 0 Å². The Morgan fingerprint density at radius 3 is 2.72 bits per heavy atom. The smallest absolute Gasteiger partial charge is 0.256 e. The highest BCUT2D eigenvalue weighted by Crippen LogP contribution is 2.33. The minimum absolute atomic E-state index is 0.162. The molecule has 0 aliphatic heterocycles. The van der Waals surface area contributed by atoms with E-state index in [0.717, 1.165) is 48.7 Å². The largest absolute Gasteiger partial charge is 0.322 e. The van der Waals surface area contributed by atoms with Crippen molar-refractivity contribution < 1.29 is 4.79 Å². The van der Waals surface area contributed by atoms with Gasteiger partial charge in [0.1, 0.15) is 0 Å². The first kappa shape index (κ1) is 21.8. The third-order valence-electron chi connectivity index (χ3n) is 5.72. The van der Waals surface area contributed by atoms with Gasteiger partial charge in [0.15, 0.2) is 0 Å². The van der Waals surface area contributed by atoms with Gasteiger partial charge >= 0.3 is 0 Å². The van der Waals surface area contributed by atoms with Gasteiger partial charge in [0.25, 0.3) is 5.91 Å². The Morgan fingerprint density at radius 1 is 0.889 bits per heavy atom. The van der Waals surface area contributed by atoms with Crippen LogP contribution in [0.2, 0.25) is 0 Å². The second-order valence-electron chi connectivity index (χ2n) is 8.13. The number of anilines is 1. The Morgan fingerprint density at radius 2 is 1.81 bits per heavy atom. The number of aromatic nitrogens is 5. The van der Waals surface area contributed by atoms with Gasteiger partial charge in [-0.1, -0.05) is 30.0 Å². The summed E-state index contributed by atoms with van der Waals surface area (Å²) in [6.45, 7) is 0. The lowest BCUT2D eigenvalue weighted by atomic mass is 10.2. The molecule has 6 aromatic rings. The number of H-pyrrole nitrogens is 2. The number of nitrogens with one attached hydrogen (secondary N) is 3. The highest BCUT2D eigenvalue weighted by molar-refractivity contribution is 7.99. The standard InChI is InChI=1S/C28H20N6OS/c35-28(31-20-9-12-24-18(15-20)17-30-32-24)23-6-1-2-7-27(23)36-21-10-11-22-25(33-34-26(22)16-21)13-8-19-5-3-4-14-29-19/h1-17H,(H,30,32)(H,31,35)(H,33,34)/b13-8+. The molecule has 0 fully saturated rings. The van der Waals surface area contributed by atoms with Crippen molar-refractivity contribution in [1.82, 2.24) is 25.4 Å². The molecule has 8 heteroatoms. The average molecular weight is 489 g/mol. The molecule has 3 heterocycles. The van der Waals surface area contributed by atoms with Crippen molar-refractivity contribution in [3.8, 4) is 0 Å². The number of aromatic amines is 2. The van der Waals surface area contributed by atoms with Crippen LogP contribution in [0.25, 0.3) is 34.0 Å². The van der Waals surface area contributed by atoms with E-state index >= 15 is 0 Å². The molecule has 0 aliphatic carbocycles. The lowest BCUT2D eigenvalue weighted by Crippen LogP contribution is -2.12. The first-order valence-corrected chi connectivity index (χ1v) is 12.1. The lowest BCUT2D eigenvalue weighted by molar-refractivity contribution is 0.102. The number of amides is 1. The Labute approximate surface area is 210 Å². The molecule has 3 aromatic carbocycles. The average Bonchev–Trinajstić information content (AvgIpc) is 3.54. The van der Waals surface area contributed by atoms with Gasteiger partial charge in [-0.25, -0.2) is 0 Å². The summed E-state index contributed by atoms with van der Waals surface area (Å²) < 4.78 is 0. The zero-order chi connectivity index (χ0) is 24.3. The molecule has 7 nitrogen and oxygen atoms in total. The van der Waals surface area contributed by atoms with Crippen molar-refractivity contribution in [2.75, 3.05) is 5.32 Å². The van der Waals surface area contributed by atoms with Gasteiger partial charge in [-0.3, -0.25) is 20.0 Å². The van der Waals surface area contributed by atoms with Gasteiger partial charge in [0.05, 0.1) is 34.2 Å². The summed E-state index contributed by atoms with van der Waals surface area (Å²) in [6.07, 6.45) is 7.40. The Kier molecular flexibility index (Phi) is 5.77. The molecule has 0 spiro atoms. The molecule has 3 N–H and O–H groups in total. The molecule has 0 radical (unpaired) electrons. The van der Waals surface area contributed by atoms with E-state index in [9.17, 15) is 4.79 Å². The molecule has 0 saturated heterocycles. The number of hydrogen-bond donors (Lipinski definition) is 3. The fourth-order valence-corrected chi connectivity index (χ4v) is 4.92. The SMILES string of the molecule is O=C(Nc1ccc2[nH]ncc2c1)c1ccccc1Sc1ccc2c(/C=C/c3ccccn3)n[nH]c2c1. The van der Waals surface area contributed by atoms with E-state index in [1.807, 2.05) is 91.0 Å². The van der Waals surface area contributed by atoms with Crippen LogP contribution >= 0.6 is 11.8 Å². The zero-order valence-electron chi connectivity index (χ0n) is 19.0. The summed E-state index contributed by atoms with van der Waals surface area (Å²) in [6, 6.07) is 25.2. The number of pyridine rings is 1. The Hall–Kier alpha value is -4.69. The van der Waals surface area contributed by atoms with Crippen LogP contribution in [0.1, 0.15) is 21.7 Å². The molecule has 36 heavy (non-hydrogen) atoms. The third-order valence-corrected chi connectivity index (χ3v) is 6.79. The van der Waals surface area contributed by atoms with Crippen LogP contribution in [0.3, 0.4) is 0 Å². The first-order chi connectivity index (χ1) is 17.7. The number of nitrogens with zero attached hydrogens (tertiary/aromatic N) is 3.